The molecule has 1 saturated carbocycles. The quantitative estimate of drug-likeness (QED) is 0.327. The first-order valence-corrected chi connectivity index (χ1v) is 11.6. The van der Waals surface area contributed by atoms with Crippen molar-refractivity contribution in [1.82, 2.24) is 5.16 Å². The smallest absolute Gasteiger partial charge is 0.412 e. The van der Waals surface area contributed by atoms with Gasteiger partial charge in [-0.3, -0.25) is 5.32 Å². The molecule has 35 heavy (non-hydrogen) atoms. The minimum Gasteiger partial charge on any atom is -0.441 e. The van der Waals surface area contributed by atoms with Gasteiger partial charge in [-0.1, -0.05) is 84.0 Å². The van der Waals surface area contributed by atoms with Crippen LogP contribution in [0, 0.1) is 18.3 Å². The summed E-state index contributed by atoms with van der Waals surface area (Å²) in [4.78, 5) is 12.6. The van der Waals surface area contributed by atoms with E-state index in [2.05, 4.69) is 28.7 Å². The van der Waals surface area contributed by atoms with Crippen LogP contribution in [0.5, 0.6) is 0 Å². The SMILES string of the molecule is Cc1noc(-c2ccc(-c3ccc(C4(C#N)CC4)cc3)cc2)c1NC(=O)OC(C)c1ccccc1. The maximum absolute atomic E-state index is 12.6. The normalized spacial score (nSPS) is 14.5. The minimum atomic E-state index is -0.573. The molecule has 3 aromatic carbocycles. The average molecular weight is 464 g/mol. The lowest BCUT2D eigenvalue weighted by Gasteiger charge is -2.14. The second kappa shape index (κ2) is 9.11. The highest BCUT2D eigenvalue weighted by Crippen LogP contribution is 2.47. The lowest BCUT2D eigenvalue weighted by Crippen LogP contribution is -2.16. The number of hydrogen-bond acceptors (Lipinski definition) is 5. The van der Waals surface area contributed by atoms with E-state index < -0.39 is 12.2 Å². The molecule has 4 aromatic rings. The number of carbonyl (C=O) groups is 1. The van der Waals surface area contributed by atoms with E-state index in [0.717, 1.165) is 40.7 Å². The van der Waals surface area contributed by atoms with Crippen LogP contribution in [0.4, 0.5) is 10.5 Å². The molecule has 0 radical (unpaired) electrons. The Balaban J connectivity index is 1.30. The van der Waals surface area contributed by atoms with Gasteiger partial charge in [0.15, 0.2) is 5.76 Å². The minimum absolute atomic E-state index is 0.282. The molecule has 174 valence electrons. The maximum Gasteiger partial charge on any atom is 0.412 e. The number of hydrogen-bond donors (Lipinski definition) is 1. The molecule has 1 atom stereocenters. The Morgan fingerprint density at radius 3 is 2.20 bits per heavy atom. The number of aromatic nitrogens is 1. The van der Waals surface area contributed by atoms with Gasteiger partial charge in [-0.15, -0.1) is 0 Å². The summed E-state index contributed by atoms with van der Waals surface area (Å²) in [5.41, 5.74) is 5.67. The van der Waals surface area contributed by atoms with Crippen molar-refractivity contribution < 1.29 is 14.1 Å². The predicted molar refractivity (Wildman–Crippen MR) is 134 cm³/mol. The first-order chi connectivity index (χ1) is 17.0. The molecule has 0 aliphatic heterocycles. The van der Waals surface area contributed by atoms with Crippen molar-refractivity contribution >= 4 is 11.8 Å². The topological polar surface area (TPSA) is 88.2 Å². The molecule has 1 amide bonds. The van der Waals surface area contributed by atoms with E-state index in [1.807, 2.05) is 73.7 Å². The summed E-state index contributed by atoms with van der Waals surface area (Å²) in [6.07, 6.45) is 0.900. The summed E-state index contributed by atoms with van der Waals surface area (Å²) in [6.45, 7) is 3.60. The first kappa shape index (κ1) is 22.4. The second-order valence-corrected chi connectivity index (χ2v) is 8.90. The lowest BCUT2D eigenvalue weighted by molar-refractivity contribution is 0.121. The van der Waals surface area contributed by atoms with Gasteiger partial charge in [-0.05, 0) is 48.9 Å². The lowest BCUT2D eigenvalue weighted by atomic mass is 9.94. The molecule has 6 nitrogen and oxygen atoms in total. The van der Waals surface area contributed by atoms with Gasteiger partial charge in [0, 0.05) is 5.56 Å². The van der Waals surface area contributed by atoms with Crippen LogP contribution >= 0.6 is 0 Å². The number of carbonyl (C=O) groups excluding carboxylic acids is 1. The Morgan fingerprint density at radius 2 is 1.60 bits per heavy atom. The molecular formula is C29H25N3O3. The molecule has 1 heterocycles. The Bertz CT molecular complexity index is 1380. The fraction of sp³-hybridized carbons (Fsp3) is 0.207. The molecule has 1 fully saturated rings. The molecule has 1 aromatic heterocycles. The van der Waals surface area contributed by atoms with Crippen molar-refractivity contribution in [3.63, 3.8) is 0 Å². The van der Waals surface area contributed by atoms with Crippen molar-refractivity contribution in [2.45, 2.75) is 38.2 Å². The van der Waals surface area contributed by atoms with Crippen LogP contribution in [-0.2, 0) is 10.2 Å². The molecule has 6 heteroatoms. The second-order valence-electron chi connectivity index (χ2n) is 8.90. The highest BCUT2D eigenvalue weighted by Gasteiger charge is 2.44. The van der Waals surface area contributed by atoms with Crippen LogP contribution < -0.4 is 5.32 Å². The van der Waals surface area contributed by atoms with Crippen molar-refractivity contribution in [3.05, 3.63) is 95.7 Å². The van der Waals surface area contributed by atoms with Gasteiger partial charge >= 0.3 is 6.09 Å². The standard InChI is InChI=1S/C29H25N3O3/c1-19-26(31-28(33)34-20(2)21-6-4-3-5-7-21)27(35-32-19)24-10-8-22(9-11-24)23-12-14-25(15-13-23)29(18-30)16-17-29/h3-15,20H,16-17H2,1-2H3,(H,31,33). The zero-order valence-electron chi connectivity index (χ0n) is 19.6. The molecule has 1 aliphatic rings. The van der Waals surface area contributed by atoms with Crippen LogP contribution in [0.2, 0.25) is 0 Å². The van der Waals surface area contributed by atoms with Crippen LogP contribution in [0.3, 0.4) is 0 Å². The third-order valence-electron chi connectivity index (χ3n) is 6.52. The number of nitrogens with zero attached hydrogens (tertiary/aromatic N) is 2. The molecule has 1 aliphatic carbocycles. The van der Waals surface area contributed by atoms with E-state index in [4.69, 9.17) is 9.26 Å². The van der Waals surface area contributed by atoms with Crippen LogP contribution in [0.25, 0.3) is 22.5 Å². The monoisotopic (exact) mass is 463 g/mol. The molecule has 0 spiro atoms. The van der Waals surface area contributed by atoms with E-state index in [-0.39, 0.29) is 5.41 Å². The third kappa shape index (κ3) is 4.53. The summed E-state index contributed by atoms with van der Waals surface area (Å²) in [6, 6.07) is 28.1. The predicted octanol–water partition coefficient (Wildman–Crippen LogP) is 7.18. The maximum atomic E-state index is 12.6. The number of rotatable bonds is 6. The Labute approximate surface area is 204 Å². The van der Waals surface area contributed by atoms with Crippen molar-refractivity contribution in [3.8, 4) is 28.5 Å². The van der Waals surface area contributed by atoms with E-state index in [1.54, 1.807) is 6.92 Å². The fourth-order valence-corrected chi connectivity index (χ4v) is 4.18. The van der Waals surface area contributed by atoms with E-state index in [1.165, 1.54) is 0 Å². The Morgan fingerprint density at radius 1 is 1.00 bits per heavy atom. The number of benzene rings is 3. The molecule has 0 saturated heterocycles. The van der Waals surface area contributed by atoms with E-state index in [0.29, 0.717) is 17.1 Å². The van der Waals surface area contributed by atoms with E-state index in [9.17, 15) is 10.1 Å². The third-order valence-corrected chi connectivity index (χ3v) is 6.52. The summed E-state index contributed by atoms with van der Waals surface area (Å²) >= 11 is 0. The highest BCUT2D eigenvalue weighted by atomic mass is 16.6. The summed E-state index contributed by atoms with van der Waals surface area (Å²) in [7, 11) is 0. The molecule has 1 N–H and O–H groups in total. The number of nitriles is 1. The van der Waals surface area contributed by atoms with Crippen LogP contribution in [0.15, 0.2) is 83.4 Å². The summed E-state index contributed by atoms with van der Waals surface area (Å²) in [5, 5.41) is 16.2. The number of anilines is 1. The number of amides is 1. The van der Waals surface area contributed by atoms with Gasteiger partial charge in [0.2, 0.25) is 0 Å². The van der Waals surface area contributed by atoms with Gasteiger partial charge < -0.3 is 9.26 Å². The van der Waals surface area contributed by atoms with Gasteiger partial charge in [0.05, 0.1) is 11.5 Å². The highest BCUT2D eigenvalue weighted by molar-refractivity contribution is 5.91. The molecule has 5 rings (SSSR count). The van der Waals surface area contributed by atoms with Gasteiger partial charge in [-0.2, -0.15) is 5.26 Å². The van der Waals surface area contributed by atoms with Crippen LogP contribution in [0.1, 0.15) is 42.7 Å². The average Bonchev–Trinajstić information content (AvgIpc) is 3.62. The molecule has 1 unspecified atom stereocenters. The molecule has 0 bridgehead atoms. The zero-order chi connectivity index (χ0) is 24.4. The fourth-order valence-electron chi connectivity index (χ4n) is 4.18. The van der Waals surface area contributed by atoms with Gasteiger partial charge in [0.25, 0.3) is 0 Å². The molecular weight excluding hydrogens is 438 g/mol. The van der Waals surface area contributed by atoms with Gasteiger partial charge in [0.1, 0.15) is 17.5 Å². The van der Waals surface area contributed by atoms with Crippen molar-refractivity contribution in [2.24, 2.45) is 0 Å². The first-order valence-electron chi connectivity index (χ1n) is 11.6. The Hall–Kier alpha value is -4.37. The number of nitrogens with one attached hydrogen (secondary N) is 1. The van der Waals surface area contributed by atoms with Crippen molar-refractivity contribution in [1.29, 1.82) is 5.26 Å². The van der Waals surface area contributed by atoms with Crippen molar-refractivity contribution in [2.75, 3.05) is 5.32 Å². The summed E-state index contributed by atoms with van der Waals surface area (Å²) in [5.74, 6) is 0.471. The van der Waals surface area contributed by atoms with Gasteiger partial charge in [-0.25, -0.2) is 4.79 Å². The number of aryl methyl sites for hydroxylation is 1. The number of ether oxygens (including phenoxy) is 1. The van der Waals surface area contributed by atoms with Crippen LogP contribution in [-0.4, -0.2) is 11.2 Å². The van der Waals surface area contributed by atoms with E-state index >= 15 is 0 Å². The Kier molecular flexibility index (Phi) is 5.84. The zero-order valence-corrected chi connectivity index (χ0v) is 19.6. The largest absolute Gasteiger partial charge is 0.441 e. The summed E-state index contributed by atoms with van der Waals surface area (Å²) < 4.78 is 11.1.